The van der Waals surface area contributed by atoms with E-state index in [1.807, 2.05) is 60.7 Å². The highest BCUT2D eigenvalue weighted by molar-refractivity contribution is 8.26. The number of carbonyl (C=O) groups is 2. The molecular formula is C21H16ClNO3S2. The monoisotopic (exact) mass is 429 g/mol. The average Bonchev–Trinajstić information content (AvgIpc) is 2.94. The van der Waals surface area contributed by atoms with Gasteiger partial charge in [0, 0.05) is 11.5 Å². The predicted molar refractivity (Wildman–Crippen MR) is 117 cm³/mol. The first-order valence-electron chi connectivity index (χ1n) is 8.42. The van der Waals surface area contributed by atoms with E-state index in [-0.39, 0.29) is 10.7 Å². The van der Waals surface area contributed by atoms with Crippen LogP contribution in [0.4, 0.5) is 0 Å². The van der Waals surface area contributed by atoms with Gasteiger partial charge in [-0.1, -0.05) is 96.2 Å². The van der Waals surface area contributed by atoms with E-state index in [9.17, 15) is 14.7 Å². The first-order chi connectivity index (χ1) is 13.5. The Balaban J connectivity index is 1.83. The maximum Gasteiger partial charge on any atom is 0.327 e. The normalized spacial score (nSPS) is 17.2. The smallest absolute Gasteiger partial charge is 0.327 e. The van der Waals surface area contributed by atoms with E-state index in [0.717, 1.165) is 27.8 Å². The molecule has 0 unspecified atom stereocenters. The number of thioether (sulfide) groups is 1. The Bertz CT molecular complexity index is 958. The van der Waals surface area contributed by atoms with Crippen molar-refractivity contribution >= 4 is 57.9 Å². The summed E-state index contributed by atoms with van der Waals surface area (Å²) >= 11 is 12.6. The Morgan fingerprint density at radius 3 is 2.36 bits per heavy atom. The Morgan fingerprint density at radius 2 is 1.75 bits per heavy atom. The summed E-state index contributed by atoms with van der Waals surface area (Å²) in [7, 11) is 0. The van der Waals surface area contributed by atoms with Crippen molar-refractivity contribution in [2.24, 2.45) is 0 Å². The van der Waals surface area contributed by atoms with E-state index in [1.54, 1.807) is 6.08 Å². The lowest BCUT2D eigenvalue weighted by Gasteiger charge is -2.23. The summed E-state index contributed by atoms with van der Waals surface area (Å²) in [5, 5.41) is 10.0. The molecule has 1 N–H and O–H groups in total. The summed E-state index contributed by atoms with van der Waals surface area (Å²) in [5.74, 6) is -1.55. The number of hydrogen-bond acceptors (Lipinski definition) is 4. The first kappa shape index (κ1) is 20.3. The minimum atomic E-state index is -1.10. The van der Waals surface area contributed by atoms with E-state index in [0.29, 0.717) is 9.94 Å². The van der Waals surface area contributed by atoms with E-state index in [1.165, 1.54) is 6.08 Å². The van der Waals surface area contributed by atoms with Gasteiger partial charge in [-0.05, 0) is 23.3 Å². The molecule has 0 radical (unpaired) electrons. The van der Waals surface area contributed by atoms with E-state index < -0.39 is 17.9 Å². The van der Waals surface area contributed by atoms with Gasteiger partial charge in [0.15, 0.2) is 0 Å². The number of hydrogen-bond donors (Lipinski definition) is 1. The molecule has 0 spiro atoms. The van der Waals surface area contributed by atoms with Gasteiger partial charge in [0.2, 0.25) is 0 Å². The van der Waals surface area contributed by atoms with Crippen LogP contribution in [-0.2, 0) is 16.0 Å². The molecule has 28 heavy (non-hydrogen) atoms. The number of carboxylic acid groups (broad SMARTS) is 1. The Hall–Kier alpha value is -2.41. The van der Waals surface area contributed by atoms with Crippen molar-refractivity contribution in [2.45, 2.75) is 12.5 Å². The predicted octanol–water partition coefficient (Wildman–Crippen LogP) is 4.71. The average molecular weight is 430 g/mol. The first-order valence-corrected chi connectivity index (χ1v) is 10.0. The second-order valence-corrected chi connectivity index (χ2v) is 8.15. The topological polar surface area (TPSA) is 57.6 Å². The summed E-state index contributed by atoms with van der Waals surface area (Å²) in [6.07, 6.45) is 3.42. The van der Waals surface area contributed by atoms with Gasteiger partial charge in [-0.25, -0.2) is 4.79 Å². The number of aliphatic carboxylic acids is 1. The molecule has 2 aromatic rings. The lowest BCUT2D eigenvalue weighted by molar-refractivity contribution is -0.145. The molecule has 1 amide bonds. The van der Waals surface area contributed by atoms with Crippen LogP contribution in [0.1, 0.15) is 11.1 Å². The Morgan fingerprint density at radius 1 is 1.14 bits per heavy atom. The number of allylic oxidation sites excluding steroid dienone is 2. The minimum Gasteiger partial charge on any atom is -0.480 e. The number of carboxylic acids is 1. The highest BCUT2D eigenvalue weighted by atomic mass is 35.5. The molecule has 0 saturated carbocycles. The van der Waals surface area contributed by atoms with Crippen molar-refractivity contribution in [3.8, 4) is 0 Å². The van der Waals surface area contributed by atoms with Crippen molar-refractivity contribution in [1.29, 1.82) is 0 Å². The van der Waals surface area contributed by atoms with Gasteiger partial charge in [0.25, 0.3) is 5.91 Å². The molecule has 1 heterocycles. The fraction of sp³-hybridized carbons (Fsp3) is 0.0952. The molecule has 1 saturated heterocycles. The molecule has 3 rings (SSSR count). The van der Waals surface area contributed by atoms with Crippen LogP contribution in [0.15, 0.2) is 76.7 Å². The van der Waals surface area contributed by atoms with Crippen LogP contribution in [0.3, 0.4) is 0 Å². The fourth-order valence-electron chi connectivity index (χ4n) is 2.75. The molecule has 0 bridgehead atoms. The maximum absolute atomic E-state index is 12.8. The molecule has 2 aromatic carbocycles. The SMILES string of the molecule is O=C(O)[C@@H](Cc1ccccc1)N1C(=O)/C(=C/C(Cl)=C/c2ccccc2)SC1=S. The van der Waals surface area contributed by atoms with Crippen molar-refractivity contribution in [3.05, 3.63) is 87.8 Å². The third kappa shape index (κ3) is 4.90. The summed E-state index contributed by atoms with van der Waals surface area (Å²) < 4.78 is 0.212. The number of carbonyl (C=O) groups excluding carboxylic acids is 1. The third-order valence-corrected chi connectivity index (χ3v) is 5.61. The molecule has 0 aromatic heterocycles. The number of nitrogens with zero attached hydrogens (tertiary/aromatic N) is 1. The summed E-state index contributed by atoms with van der Waals surface area (Å²) in [4.78, 5) is 26.1. The van der Waals surface area contributed by atoms with Crippen molar-refractivity contribution in [2.75, 3.05) is 0 Å². The van der Waals surface area contributed by atoms with Crippen molar-refractivity contribution in [3.63, 3.8) is 0 Å². The van der Waals surface area contributed by atoms with E-state index >= 15 is 0 Å². The number of thiocarbonyl (C=S) groups is 1. The van der Waals surface area contributed by atoms with Crippen LogP contribution in [-0.4, -0.2) is 32.2 Å². The summed E-state index contributed by atoms with van der Waals surface area (Å²) in [6.45, 7) is 0. The van der Waals surface area contributed by atoms with Gasteiger partial charge in [0.1, 0.15) is 10.4 Å². The zero-order valence-electron chi connectivity index (χ0n) is 14.6. The third-order valence-electron chi connectivity index (χ3n) is 4.07. The zero-order chi connectivity index (χ0) is 20.1. The molecule has 4 nitrogen and oxygen atoms in total. The van der Waals surface area contributed by atoms with Crippen LogP contribution in [0, 0.1) is 0 Å². The van der Waals surface area contributed by atoms with Gasteiger partial charge < -0.3 is 5.11 Å². The number of rotatable bonds is 6. The van der Waals surface area contributed by atoms with Crippen LogP contribution < -0.4 is 0 Å². The van der Waals surface area contributed by atoms with E-state index in [2.05, 4.69) is 0 Å². The van der Waals surface area contributed by atoms with Gasteiger partial charge in [-0.2, -0.15) is 0 Å². The van der Waals surface area contributed by atoms with Crippen LogP contribution >= 0.6 is 35.6 Å². The lowest BCUT2D eigenvalue weighted by atomic mass is 10.0. The second-order valence-electron chi connectivity index (χ2n) is 6.04. The summed E-state index contributed by atoms with van der Waals surface area (Å²) in [6, 6.07) is 17.5. The Kier molecular flexibility index (Phi) is 6.67. The lowest BCUT2D eigenvalue weighted by Crippen LogP contribution is -2.45. The Labute approximate surface area is 177 Å². The standard InChI is InChI=1S/C21H16ClNO3S2/c22-16(11-14-7-3-1-4-8-14)13-18-19(24)23(21(27)28-18)17(20(25)26)12-15-9-5-2-6-10-15/h1-11,13,17H,12H2,(H,25,26)/b16-11-,18-13-/t17-/m1/s1. The zero-order valence-corrected chi connectivity index (χ0v) is 17.0. The molecule has 1 aliphatic heterocycles. The highest BCUT2D eigenvalue weighted by Crippen LogP contribution is 2.34. The quantitative estimate of drug-likeness (QED) is 0.532. The van der Waals surface area contributed by atoms with Gasteiger partial charge >= 0.3 is 5.97 Å². The van der Waals surface area contributed by atoms with E-state index in [4.69, 9.17) is 23.8 Å². The molecule has 1 atom stereocenters. The van der Waals surface area contributed by atoms with Crippen LogP contribution in [0.25, 0.3) is 6.08 Å². The molecule has 0 aliphatic carbocycles. The van der Waals surface area contributed by atoms with Gasteiger partial charge in [-0.15, -0.1) is 0 Å². The van der Waals surface area contributed by atoms with Crippen LogP contribution in [0.2, 0.25) is 0 Å². The molecule has 142 valence electrons. The minimum absolute atomic E-state index is 0.170. The number of benzene rings is 2. The molecule has 1 fully saturated rings. The van der Waals surface area contributed by atoms with Crippen molar-refractivity contribution in [1.82, 2.24) is 4.90 Å². The highest BCUT2D eigenvalue weighted by Gasteiger charge is 2.40. The summed E-state index contributed by atoms with van der Waals surface area (Å²) in [5.41, 5.74) is 1.71. The number of halogens is 1. The molecule has 1 aliphatic rings. The maximum atomic E-state index is 12.8. The second kappa shape index (κ2) is 9.19. The largest absolute Gasteiger partial charge is 0.480 e. The molecular weight excluding hydrogens is 414 g/mol. The van der Waals surface area contributed by atoms with Gasteiger partial charge in [-0.3, -0.25) is 9.69 Å². The molecule has 7 heteroatoms. The van der Waals surface area contributed by atoms with Crippen molar-refractivity contribution < 1.29 is 14.7 Å². The number of amides is 1. The fourth-order valence-corrected chi connectivity index (χ4v) is 4.40. The van der Waals surface area contributed by atoms with Gasteiger partial charge in [0.05, 0.1) is 4.91 Å². The van der Waals surface area contributed by atoms with Crippen LogP contribution in [0.5, 0.6) is 0 Å².